The Morgan fingerprint density at radius 2 is 1.17 bits per heavy atom. The van der Waals surface area contributed by atoms with Crippen LogP contribution in [0, 0.1) is 0 Å². The SMILES string of the molecule is CN1CN(c2ccc3c4ccccc4n(-c4cc(-c5ccccn5)cc(C(C)(C)C)c4)c3c2)C=C1n1c2ccccc2c2ccccc21. The van der Waals surface area contributed by atoms with E-state index in [9.17, 15) is 0 Å². The molecule has 0 saturated heterocycles. The zero-order chi connectivity index (χ0) is 32.6. The molecule has 5 aromatic carbocycles. The van der Waals surface area contributed by atoms with Crippen molar-refractivity contribution < 1.29 is 0 Å². The fraction of sp³-hybridized carbons (Fsp3) is 0.140. The summed E-state index contributed by atoms with van der Waals surface area (Å²) in [7, 11) is 2.18. The summed E-state index contributed by atoms with van der Waals surface area (Å²) in [6.07, 6.45) is 4.17. The van der Waals surface area contributed by atoms with E-state index in [1.807, 2.05) is 12.3 Å². The molecule has 1 aliphatic rings. The van der Waals surface area contributed by atoms with E-state index in [0.29, 0.717) is 0 Å². The predicted octanol–water partition coefficient (Wildman–Crippen LogP) is 10.4. The van der Waals surface area contributed by atoms with Gasteiger partial charge in [0.2, 0.25) is 0 Å². The first kappa shape index (κ1) is 28.4. The summed E-state index contributed by atoms with van der Waals surface area (Å²) >= 11 is 0. The molecule has 0 spiro atoms. The Kier molecular flexibility index (Phi) is 6.28. The highest BCUT2D eigenvalue weighted by Gasteiger charge is 2.25. The molecule has 0 atom stereocenters. The fourth-order valence-electron chi connectivity index (χ4n) is 7.40. The number of fused-ring (bicyclic) bond motifs is 6. The summed E-state index contributed by atoms with van der Waals surface area (Å²) in [5.74, 6) is 1.16. The molecule has 0 fully saturated rings. The molecule has 48 heavy (non-hydrogen) atoms. The van der Waals surface area contributed by atoms with E-state index in [1.54, 1.807) is 0 Å². The van der Waals surface area contributed by atoms with Crippen molar-refractivity contribution in [3.8, 4) is 16.9 Å². The molecular formula is C43H37N5. The summed E-state index contributed by atoms with van der Waals surface area (Å²) in [4.78, 5) is 9.43. The highest BCUT2D eigenvalue weighted by molar-refractivity contribution is 6.11. The van der Waals surface area contributed by atoms with Gasteiger partial charge >= 0.3 is 0 Å². The van der Waals surface area contributed by atoms with Gasteiger partial charge in [-0.3, -0.25) is 9.55 Å². The topological polar surface area (TPSA) is 29.2 Å². The number of para-hydroxylation sites is 3. The molecule has 4 heterocycles. The monoisotopic (exact) mass is 623 g/mol. The number of hydrogen-bond acceptors (Lipinski definition) is 3. The van der Waals surface area contributed by atoms with E-state index in [1.165, 1.54) is 49.2 Å². The Balaban J connectivity index is 1.23. The van der Waals surface area contributed by atoms with Crippen LogP contribution in [-0.2, 0) is 5.41 Å². The largest absolute Gasteiger partial charge is 0.341 e. The smallest absolute Gasteiger partial charge is 0.131 e. The quantitative estimate of drug-likeness (QED) is 0.195. The van der Waals surface area contributed by atoms with Crippen molar-refractivity contribution in [2.75, 3.05) is 18.6 Å². The fourth-order valence-corrected chi connectivity index (χ4v) is 7.40. The Labute approximate surface area is 280 Å². The van der Waals surface area contributed by atoms with Gasteiger partial charge in [0.25, 0.3) is 0 Å². The van der Waals surface area contributed by atoms with Crippen LogP contribution in [0.5, 0.6) is 0 Å². The highest BCUT2D eigenvalue weighted by atomic mass is 15.4. The number of benzene rings is 5. The molecule has 5 heteroatoms. The van der Waals surface area contributed by atoms with Gasteiger partial charge in [0, 0.05) is 57.9 Å². The third kappa shape index (κ3) is 4.42. The first-order valence-corrected chi connectivity index (χ1v) is 16.6. The van der Waals surface area contributed by atoms with Crippen LogP contribution >= 0.6 is 0 Å². The van der Waals surface area contributed by atoms with Crippen LogP contribution in [0.15, 0.2) is 140 Å². The Bertz CT molecular complexity index is 2490. The van der Waals surface area contributed by atoms with E-state index < -0.39 is 0 Å². The van der Waals surface area contributed by atoms with E-state index in [4.69, 9.17) is 4.98 Å². The van der Waals surface area contributed by atoms with Crippen LogP contribution in [0.25, 0.3) is 66.4 Å². The minimum absolute atomic E-state index is 0.0302. The minimum Gasteiger partial charge on any atom is -0.341 e. The summed E-state index contributed by atoms with van der Waals surface area (Å²) in [6.45, 7) is 7.60. The molecule has 234 valence electrons. The van der Waals surface area contributed by atoms with Crippen molar-refractivity contribution in [3.63, 3.8) is 0 Å². The second-order valence-electron chi connectivity index (χ2n) is 14.0. The Morgan fingerprint density at radius 1 is 0.562 bits per heavy atom. The van der Waals surface area contributed by atoms with Crippen molar-refractivity contribution in [2.45, 2.75) is 26.2 Å². The number of pyridine rings is 1. The molecule has 0 unspecified atom stereocenters. The molecule has 3 aromatic heterocycles. The molecule has 9 rings (SSSR count). The maximum atomic E-state index is 4.73. The molecule has 0 saturated carbocycles. The molecule has 0 aliphatic carbocycles. The van der Waals surface area contributed by atoms with Crippen LogP contribution in [0.1, 0.15) is 26.3 Å². The van der Waals surface area contributed by atoms with Crippen molar-refractivity contribution in [1.82, 2.24) is 19.0 Å². The van der Waals surface area contributed by atoms with Gasteiger partial charge < -0.3 is 14.4 Å². The summed E-state index contributed by atoms with van der Waals surface area (Å²) < 4.78 is 4.84. The minimum atomic E-state index is -0.0302. The van der Waals surface area contributed by atoms with E-state index in [0.717, 1.165) is 35.1 Å². The van der Waals surface area contributed by atoms with Crippen LogP contribution in [0.3, 0.4) is 0 Å². The van der Waals surface area contributed by atoms with Gasteiger partial charge in [0.15, 0.2) is 0 Å². The first-order chi connectivity index (χ1) is 23.3. The summed E-state index contributed by atoms with van der Waals surface area (Å²) in [6, 6.07) is 46.2. The van der Waals surface area contributed by atoms with Gasteiger partial charge in [-0.05, 0) is 71.6 Å². The zero-order valence-electron chi connectivity index (χ0n) is 27.7. The third-order valence-corrected chi connectivity index (χ3v) is 9.83. The van der Waals surface area contributed by atoms with Crippen molar-refractivity contribution in [2.24, 2.45) is 0 Å². The van der Waals surface area contributed by atoms with Crippen LogP contribution < -0.4 is 4.90 Å². The van der Waals surface area contributed by atoms with Gasteiger partial charge in [-0.25, -0.2) is 0 Å². The van der Waals surface area contributed by atoms with Crippen LogP contribution in [0.4, 0.5) is 5.69 Å². The second kappa shape index (κ2) is 10.6. The molecular weight excluding hydrogens is 587 g/mol. The average Bonchev–Trinajstić information content (AvgIpc) is 3.77. The molecule has 5 nitrogen and oxygen atoms in total. The molecule has 0 radical (unpaired) electrons. The van der Waals surface area contributed by atoms with Crippen LogP contribution in [0.2, 0.25) is 0 Å². The molecule has 0 bridgehead atoms. The normalized spacial score (nSPS) is 13.8. The average molecular weight is 624 g/mol. The maximum Gasteiger partial charge on any atom is 0.131 e. The van der Waals surface area contributed by atoms with Crippen molar-refractivity contribution >= 4 is 55.1 Å². The number of nitrogens with zero attached hydrogens (tertiary/aromatic N) is 5. The molecule has 0 amide bonds. The number of rotatable bonds is 4. The second-order valence-corrected chi connectivity index (χ2v) is 14.0. The molecule has 0 N–H and O–H groups in total. The maximum absolute atomic E-state index is 4.73. The number of aromatic nitrogens is 3. The van der Waals surface area contributed by atoms with Gasteiger partial charge in [-0.1, -0.05) is 87.5 Å². The lowest BCUT2D eigenvalue weighted by Gasteiger charge is -2.22. The molecule has 8 aromatic rings. The first-order valence-electron chi connectivity index (χ1n) is 16.6. The van der Waals surface area contributed by atoms with E-state index in [2.05, 4.69) is 174 Å². The van der Waals surface area contributed by atoms with Crippen molar-refractivity contribution in [1.29, 1.82) is 0 Å². The lowest BCUT2D eigenvalue weighted by Crippen LogP contribution is -2.24. The van der Waals surface area contributed by atoms with E-state index in [-0.39, 0.29) is 5.41 Å². The highest BCUT2D eigenvalue weighted by Crippen LogP contribution is 2.39. The van der Waals surface area contributed by atoms with Crippen LogP contribution in [-0.4, -0.2) is 32.7 Å². The van der Waals surface area contributed by atoms with Gasteiger partial charge in [-0.2, -0.15) is 0 Å². The van der Waals surface area contributed by atoms with Crippen molar-refractivity contribution in [3.05, 3.63) is 145 Å². The predicted molar refractivity (Wildman–Crippen MR) is 202 cm³/mol. The summed E-state index contributed by atoms with van der Waals surface area (Å²) in [5, 5.41) is 5.04. The van der Waals surface area contributed by atoms with Gasteiger partial charge in [0.1, 0.15) is 5.82 Å². The lowest BCUT2D eigenvalue weighted by molar-refractivity contribution is 0.498. The third-order valence-electron chi connectivity index (χ3n) is 9.83. The summed E-state index contributed by atoms with van der Waals surface area (Å²) in [5.41, 5.74) is 10.5. The molecule has 1 aliphatic heterocycles. The standard InChI is InChI=1S/C43H37N5/c1-43(2,3)30-23-29(37-16-11-12-22-44-37)24-32(25-30)47-38-17-8-5-15-35(38)36-21-20-31(26-41(36)47)46-27-42(45(4)28-46)48-39-18-9-6-13-33(39)34-14-7-10-19-40(34)48/h5-27H,28H2,1-4H3. The lowest BCUT2D eigenvalue weighted by atomic mass is 9.85. The van der Waals surface area contributed by atoms with E-state index >= 15 is 0 Å². The van der Waals surface area contributed by atoms with Gasteiger partial charge in [-0.15, -0.1) is 0 Å². The zero-order valence-corrected chi connectivity index (χ0v) is 27.7. The Hall–Kier alpha value is -5.81. The Morgan fingerprint density at radius 3 is 1.79 bits per heavy atom. The number of anilines is 1. The number of hydrogen-bond donors (Lipinski definition) is 0. The van der Waals surface area contributed by atoms with Gasteiger partial charge in [0.05, 0.1) is 34.4 Å².